The monoisotopic (exact) mass is 301 g/mol. The Morgan fingerprint density at radius 2 is 1.90 bits per heavy atom. The quantitative estimate of drug-likeness (QED) is 0.848. The molecule has 0 saturated carbocycles. The topological polar surface area (TPSA) is 74.1 Å². The van der Waals surface area contributed by atoms with Crippen molar-refractivity contribution in [2.45, 2.75) is 18.4 Å². The molecule has 1 aromatic carbocycles. The van der Waals surface area contributed by atoms with Crippen LogP contribution < -0.4 is 0 Å². The van der Waals surface area contributed by atoms with Crippen molar-refractivity contribution >= 4 is 10.0 Å². The van der Waals surface area contributed by atoms with Crippen molar-refractivity contribution in [3.05, 3.63) is 59.9 Å². The number of sulfonamides is 1. The molecule has 2 aromatic rings. The highest BCUT2D eigenvalue weighted by Crippen LogP contribution is 2.18. The van der Waals surface area contributed by atoms with E-state index in [-0.39, 0.29) is 11.4 Å². The lowest BCUT2D eigenvalue weighted by molar-refractivity contribution is 0.419. The molecule has 1 aromatic heterocycles. The molecule has 0 aliphatic heterocycles. The summed E-state index contributed by atoms with van der Waals surface area (Å²) in [5, 5.41) is 8.76. The third-order valence-electron chi connectivity index (χ3n) is 3.04. The van der Waals surface area contributed by atoms with Gasteiger partial charge in [0, 0.05) is 12.7 Å². The van der Waals surface area contributed by atoms with Crippen LogP contribution in [0.3, 0.4) is 0 Å². The lowest BCUT2D eigenvalue weighted by Gasteiger charge is -2.20. The van der Waals surface area contributed by atoms with Gasteiger partial charge in [-0.2, -0.15) is 9.57 Å². The van der Waals surface area contributed by atoms with Crippen LogP contribution in [0.15, 0.2) is 53.6 Å². The number of hydrogen-bond acceptors (Lipinski definition) is 4. The van der Waals surface area contributed by atoms with E-state index in [0.717, 1.165) is 0 Å². The highest BCUT2D eigenvalue weighted by Gasteiger charge is 2.23. The van der Waals surface area contributed by atoms with Crippen molar-refractivity contribution < 1.29 is 8.42 Å². The molecule has 0 aliphatic rings. The predicted octanol–water partition coefficient (Wildman–Crippen LogP) is 2.16. The van der Waals surface area contributed by atoms with Gasteiger partial charge in [-0.15, -0.1) is 0 Å². The first-order valence-electron chi connectivity index (χ1n) is 6.48. The fourth-order valence-corrected chi connectivity index (χ4v) is 3.31. The Morgan fingerprint density at radius 3 is 2.43 bits per heavy atom. The molecule has 0 saturated heterocycles. The maximum Gasteiger partial charge on any atom is 0.243 e. The lowest BCUT2D eigenvalue weighted by Crippen LogP contribution is -2.30. The Balaban J connectivity index is 2.29. The molecule has 0 unspecified atom stereocenters. The second kappa shape index (κ2) is 6.48. The summed E-state index contributed by atoms with van der Waals surface area (Å²) < 4.78 is 26.5. The van der Waals surface area contributed by atoms with Crippen molar-refractivity contribution in [3.63, 3.8) is 0 Å². The van der Waals surface area contributed by atoms with Crippen LogP contribution >= 0.6 is 0 Å². The molecule has 6 heteroatoms. The van der Waals surface area contributed by atoms with Gasteiger partial charge in [0.05, 0.1) is 28.8 Å². The Morgan fingerprint density at radius 1 is 1.19 bits per heavy atom. The summed E-state index contributed by atoms with van der Waals surface area (Å²) in [4.78, 5) is 4.33. The number of benzene rings is 1. The van der Waals surface area contributed by atoms with E-state index >= 15 is 0 Å². The summed E-state index contributed by atoms with van der Waals surface area (Å²) in [5.41, 5.74) is 1.12. The fourth-order valence-electron chi connectivity index (χ4n) is 1.89. The van der Waals surface area contributed by atoms with Gasteiger partial charge >= 0.3 is 0 Å². The molecule has 0 atom stereocenters. The SMILES string of the molecule is CCN(Cc1ccccn1)S(=O)(=O)c1ccc(C#N)cc1. The van der Waals surface area contributed by atoms with Crippen LogP contribution in [0.1, 0.15) is 18.2 Å². The summed E-state index contributed by atoms with van der Waals surface area (Å²) in [5.74, 6) is 0. The van der Waals surface area contributed by atoms with Crippen molar-refractivity contribution in [2.75, 3.05) is 6.54 Å². The van der Waals surface area contributed by atoms with Gasteiger partial charge in [-0.25, -0.2) is 8.42 Å². The van der Waals surface area contributed by atoms with Gasteiger partial charge in [-0.1, -0.05) is 13.0 Å². The summed E-state index contributed by atoms with van der Waals surface area (Å²) >= 11 is 0. The second-order valence-electron chi connectivity index (χ2n) is 4.39. The van der Waals surface area contributed by atoms with E-state index in [4.69, 9.17) is 5.26 Å². The molecular weight excluding hydrogens is 286 g/mol. The highest BCUT2D eigenvalue weighted by molar-refractivity contribution is 7.89. The van der Waals surface area contributed by atoms with E-state index in [1.807, 2.05) is 12.1 Å². The van der Waals surface area contributed by atoms with Gasteiger partial charge in [0.2, 0.25) is 10.0 Å². The van der Waals surface area contributed by atoms with Crippen LogP contribution in [0.5, 0.6) is 0 Å². The van der Waals surface area contributed by atoms with Gasteiger partial charge in [-0.3, -0.25) is 4.98 Å². The van der Waals surface area contributed by atoms with E-state index in [9.17, 15) is 8.42 Å². The Kier molecular flexibility index (Phi) is 4.68. The van der Waals surface area contributed by atoms with Crippen molar-refractivity contribution in [2.24, 2.45) is 0 Å². The maximum absolute atomic E-state index is 12.6. The molecule has 0 N–H and O–H groups in total. The normalized spacial score (nSPS) is 11.3. The van der Waals surface area contributed by atoms with Gasteiger partial charge in [0.25, 0.3) is 0 Å². The molecule has 108 valence electrons. The number of hydrogen-bond donors (Lipinski definition) is 0. The Hall–Kier alpha value is -2.23. The smallest absolute Gasteiger partial charge is 0.243 e. The number of aromatic nitrogens is 1. The van der Waals surface area contributed by atoms with Crippen LogP contribution in [0.25, 0.3) is 0 Å². The zero-order chi connectivity index (χ0) is 15.3. The Bertz CT molecular complexity index is 735. The third-order valence-corrected chi connectivity index (χ3v) is 4.97. The number of rotatable bonds is 5. The van der Waals surface area contributed by atoms with E-state index in [1.54, 1.807) is 25.3 Å². The third kappa shape index (κ3) is 3.45. The molecule has 2 rings (SSSR count). The van der Waals surface area contributed by atoms with Crippen molar-refractivity contribution in [3.8, 4) is 6.07 Å². The highest BCUT2D eigenvalue weighted by atomic mass is 32.2. The standard InChI is InChI=1S/C15H15N3O2S/c1-2-18(12-14-5-3-4-10-17-14)21(19,20)15-8-6-13(11-16)7-9-15/h3-10H,2,12H2,1H3. The first-order chi connectivity index (χ1) is 10.1. The minimum Gasteiger partial charge on any atom is -0.260 e. The minimum atomic E-state index is -3.59. The average molecular weight is 301 g/mol. The van der Waals surface area contributed by atoms with Crippen LogP contribution in [-0.4, -0.2) is 24.3 Å². The van der Waals surface area contributed by atoms with Crippen LogP contribution in [-0.2, 0) is 16.6 Å². The van der Waals surface area contributed by atoms with Crippen LogP contribution in [0.2, 0.25) is 0 Å². The molecule has 0 amide bonds. The Labute approximate surface area is 124 Å². The summed E-state index contributed by atoms with van der Waals surface area (Å²) in [7, 11) is -3.59. The van der Waals surface area contributed by atoms with Gasteiger partial charge in [0.15, 0.2) is 0 Å². The summed E-state index contributed by atoms with van der Waals surface area (Å²) in [6.07, 6.45) is 1.64. The van der Waals surface area contributed by atoms with E-state index in [2.05, 4.69) is 4.98 Å². The molecule has 1 heterocycles. The predicted molar refractivity (Wildman–Crippen MR) is 78.7 cm³/mol. The molecule has 0 aliphatic carbocycles. The first-order valence-corrected chi connectivity index (χ1v) is 7.92. The van der Waals surface area contributed by atoms with Gasteiger partial charge in [0.1, 0.15) is 0 Å². The minimum absolute atomic E-state index is 0.180. The van der Waals surface area contributed by atoms with Crippen LogP contribution in [0.4, 0.5) is 0 Å². The van der Waals surface area contributed by atoms with Crippen molar-refractivity contribution in [1.29, 1.82) is 5.26 Å². The van der Waals surface area contributed by atoms with E-state index in [0.29, 0.717) is 17.8 Å². The molecule has 0 bridgehead atoms. The number of pyridine rings is 1. The van der Waals surface area contributed by atoms with E-state index < -0.39 is 10.0 Å². The number of nitrogens with zero attached hydrogens (tertiary/aromatic N) is 3. The average Bonchev–Trinajstić information content (AvgIpc) is 2.53. The molecule has 0 radical (unpaired) electrons. The number of nitriles is 1. The molecule has 0 spiro atoms. The molecular formula is C15H15N3O2S. The molecule has 0 fully saturated rings. The largest absolute Gasteiger partial charge is 0.260 e. The van der Waals surface area contributed by atoms with Crippen LogP contribution in [0, 0.1) is 11.3 Å². The lowest BCUT2D eigenvalue weighted by atomic mass is 10.2. The maximum atomic E-state index is 12.6. The zero-order valence-corrected chi connectivity index (χ0v) is 12.4. The summed E-state index contributed by atoms with van der Waals surface area (Å²) in [6, 6.07) is 13.3. The first kappa shape index (κ1) is 15.2. The van der Waals surface area contributed by atoms with Crippen molar-refractivity contribution in [1.82, 2.24) is 9.29 Å². The van der Waals surface area contributed by atoms with Gasteiger partial charge < -0.3 is 0 Å². The molecule has 5 nitrogen and oxygen atoms in total. The molecule has 21 heavy (non-hydrogen) atoms. The van der Waals surface area contributed by atoms with Gasteiger partial charge in [-0.05, 0) is 36.4 Å². The summed E-state index contributed by atoms with van der Waals surface area (Å²) in [6.45, 7) is 2.35. The fraction of sp³-hybridized carbons (Fsp3) is 0.200. The van der Waals surface area contributed by atoms with E-state index in [1.165, 1.54) is 28.6 Å². The second-order valence-corrected chi connectivity index (χ2v) is 6.33. The zero-order valence-electron chi connectivity index (χ0n) is 11.6.